The monoisotopic (exact) mass is 1270 g/mol. The lowest BCUT2D eigenvalue weighted by Gasteiger charge is -2.24. The lowest BCUT2D eigenvalue weighted by molar-refractivity contribution is -0.137. The number of amides is 3. The first-order valence-corrected chi connectivity index (χ1v) is 32.6. The minimum Gasteiger partial charge on any atom is -0.481 e. The standard InChI is InChI=1S/C42H42N4O5.C25H27N3O3.C9H10O2.CH4/c47-37(35-13-7-25-45(35)39(48)23-16-29-9-3-1-4-10-29)28-31-15-22-38-34(27-31)44-42(51-38)32-18-20-33(21-19-32)43-41(50)36-14-8-26-46(36)40(49)24-17-30-11-5-2-6-12-30;29-22(19-3-1-11-26-19)14-16-5-8-18(9-6-16)25-28-21-13-17(7-10-24(21)31-25)15-23(30)20-4-2-12-27-20;10-9(11)7-6-8-4-2-1-3-5-8;/h1-6,9-12,15,18-22,27,35-36H,7-8,13-14,16-17,23-26,28H2,(H,43,50);5-10,13,19-20,26-27H,1-4,11-12,14-15H2;1-5H,6-7H2,(H,10,11);1H4/t35-,36-;19-,20-;;/m00../s1. The number of oxazole rings is 2. The maximum Gasteiger partial charge on any atom is 0.303 e. The molecule has 4 fully saturated rings. The van der Waals surface area contributed by atoms with Gasteiger partial charge in [-0.2, -0.15) is 0 Å². The summed E-state index contributed by atoms with van der Waals surface area (Å²) in [5, 5.41) is 17.9. The number of fused-ring (bicyclic) bond motifs is 2. The first-order chi connectivity index (χ1) is 45.3. The van der Waals surface area contributed by atoms with Crippen molar-refractivity contribution in [1.29, 1.82) is 0 Å². The topological polar surface area (TPSA) is 234 Å². The molecule has 7 aromatic carbocycles. The number of aryl methyl sites for hydroxylation is 3. The Morgan fingerprint density at radius 3 is 1.33 bits per heavy atom. The average molecular weight is 1270 g/mol. The van der Waals surface area contributed by atoms with E-state index in [1.165, 1.54) is 0 Å². The molecule has 0 aliphatic carbocycles. The van der Waals surface area contributed by atoms with Gasteiger partial charge in [-0.1, -0.05) is 123 Å². The maximum absolute atomic E-state index is 13.4. The van der Waals surface area contributed by atoms with Crippen LogP contribution in [0.5, 0.6) is 0 Å². The Hall–Kier alpha value is -9.71. The fourth-order valence-electron chi connectivity index (χ4n) is 12.7. The van der Waals surface area contributed by atoms with Crippen LogP contribution in [0.3, 0.4) is 0 Å². The van der Waals surface area contributed by atoms with Crippen molar-refractivity contribution in [3.05, 3.63) is 209 Å². The Labute approximate surface area is 548 Å². The summed E-state index contributed by atoms with van der Waals surface area (Å²) in [5.41, 5.74) is 11.1. The number of carbonyl (C=O) groups excluding carboxylic acids is 6. The van der Waals surface area contributed by atoms with E-state index in [1.54, 1.807) is 21.9 Å². The van der Waals surface area contributed by atoms with E-state index in [2.05, 4.69) is 20.9 Å². The molecule has 4 N–H and O–H groups in total. The second-order valence-electron chi connectivity index (χ2n) is 24.5. The van der Waals surface area contributed by atoms with Crippen molar-refractivity contribution in [2.75, 3.05) is 31.5 Å². The van der Waals surface area contributed by atoms with Crippen molar-refractivity contribution < 1.29 is 47.5 Å². The number of anilines is 1. The molecule has 17 nitrogen and oxygen atoms in total. The number of nitrogens with zero attached hydrogens (tertiary/aromatic N) is 4. The molecule has 0 spiro atoms. The van der Waals surface area contributed by atoms with Crippen molar-refractivity contribution in [2.24, 2.45) is 0 Å². The highest BCUT2D eigenvalue weighted by atomic mass is 16.4. The van der Waals surface area contributed by atoms with Gasteiger partial charge in [0.05, 0.1) is 18.1 Å². The Morgan fingerprint density at radius 2 is 0.872 bits per heavy atom. The number of rotatable bonds is 22. The number of hydrogen-bond acceptors (Lipinski definition) is 13. The number of Topliss-reactive ketones (excluding diaryl/α,β-unsaturated/α-hetero) is 3. The van der Waals surface area contributed by atoms with Gasteiger partial charge in [-0.05, 0) is 178 Å². The second kappa shape index (κ2) is 32.7. The lowest BCUT2D eigenvalue weighted by atomic mass is 10.0. The molecule has 0 bridgehead atoms. The Morgan fingerprint density at radius 1 is 0.457 bits per heavy atom. The van der Waals surface area contributed by atoms with Crippen molar-refractivity contribution in [3.8, 4) is 22.9 Å². The quantitative estimate of drug-likeness (QED) is 0.0494. The van der Waals surface area contributed by atoms with Gasteiger partial charge in [-0.3, -0.25) is 33.6 Å². The van der Waals surface area contributed by atoms with Crippen LogP contribution in [0, 0.1) is 0 Å². The molecule has 4 aliphatic rings. The molecule has 9 aromatic rings. The van der Waals surface area contributed by atoms with Gasteiger partial charge in [-0.15, -0.1) is 0 Å². The number of nitrogens with one attached hydrogen (secondary N) is 3. The summed E-state index contributed by atoms with van der Waals surface area (Å²) in [6, 6.07) is 55.0. The first kappa shape index (κ1) is 67.2. The van der Waals surface area contributed by atoms with Gasteiger partial charge in [0.15, 0.2) is 28.5 Å². The molecular weight excluding hydrogens is 1180 g/mol. The summed E-state index contributed by atoms with van der Waals surface area (Å²) < 4.78 is 12.0. The first-order valence-electron chi connectivity index (χ1n) is 32.6. The molecule has 4 saturated heterocycles. The third-order valence-electron chi connectivity index (χ3n) is 17.8. The van der Waals surface area contributed by atoms with Gasteiger partial charge in [0, 0.05) is 68.4 Å². The van der Waals surface area contributed by atoms with Crippen LogP contribution in [0.1, 0.15) is 111 Å². The molecule has 13 rings (SSSR count). The summed E-state index contributed by atoms with van der Waals surface area (Å²) in [6.07, 6.45) is 10.9. The largest absolute Gasteiger partial charge is 0.481 e. The van der Waals surface area contributed by atoms with Crippen LogP contribution in [-0.2, 0) is 72.1 Å². The molecule has 6 heterocycles. The van der Waals surface area contributed by atoms with Gasteiger partial charge in [0.2, 0.25) is 29.5 Å². The lowest BCUT2D eigenvalue weighted by Crippen LogP contribution is -2.43. The van der Waals surface area contributed by atoms with Gasteiger partial charge in [-0.25, -0.2) is 9.97 Å². The number of benzene rings is 7. The van der Waals surface area contributed by atoms with Crippen LogP contribution in [0.25, 0.3) is 45.1 Å². The third-order valence-corrected chi connectivity index (χ3v) is 17.8. The number of likely N-dealkylation sites (tertiary alicyclic amines) is 2. The van der Waals surface area contributed by atoms with Gasteiger partial charge in [0.1, 0.15) is 17.1 Å². The normalized spacial score (nSPS) is 17.4. The number of ketones is 3. The van der Waals surface area contributed by atoms with Gasteiger partial charge >= 0.3 is 5.97 Å². The summed E-state index contributed by atoms with van der Waals surface area (Å²) in [5.74, 6) is 0.611. The predicted molar refractivity (Wildman–Crippen MR) is 364 cm³/mol. The molecule has 3 amide bonds. The summed E-state index contributed by atoms with van der Waals surface area (Å²) in [6.45, 7) is 3.06. The molecular formula is C77H83N7O10. The Balaban J connectivity index is 0.000000189. The number of aliphatic carboxylic acids is 1. The van der Waals surface area contributed by atoms with Crippen LogP contribution < -0.4 is 16.0 Å². The van der Waals surface area contributed by atoms with E-state index in [0.717, 1.165) is 102 Å². The smallest absolute Gasteiger partial charge is 0.303 e. The van der Waals surface area contributed by atoms with Crippen LogP contribution in [-0.4, -0.2) is 116 Å². The van der Waals surface area contributed by atoms with Crippen LogP contribution in [0.4, 0.5) is 5.69 Å². The minimum absolute atomic E-state index is 0. The van der Waals surface area contributed by atoms with Crippen molar-refractivity contribution in [3.63, 3.8) is 0 Å². The summed E-state index contributed by atoms with van der Waals surface area (Å²) in [4.78, 5) is 100. The molecule has 0 saturated carbocycles. The van der Waals surface area contributed by atoms with E-state index in [-0.39, 0.29) is 67.4 Å². The van der Waals surface area contributed by atoms with Crippen molar-refractivity contribution >= 4 is 68.9 Å². The average Bonchev–Trinajstić information content (AvgIpc) is 1.74. The number of carbonyl (C=O) groups is 7. The third kappa shape index (κ3) is 18.1. The number of carboxylic acid groups (broad SMARTS) is 1. The molecule has 94 heavy (non-hydrogen) atoms. The molecule has 486 valence electrons. The van der Waals surface area contributed by atoms with E-state index in [1.807, 2.05) is 164 Å². The highest BCUT2D eigenvalue weighted by molar-refractivity contribution is 5.98. The van der Waals surface area contributed by atoms with E-state index in [4.69, 9.17) is 18.9 Å². The zero-order valence-corrected chi connectivity index (χ0v) is 52.3. The summed E-state index contributed by atoms with van der Waals surface area (Å²) in [7, 11) is 0. The molecule has 0 unspecified atom stereocenters. The Bertz CT molecular complexity index is 4030. The number of aromatic nitrogens is 2. The second-order valence-corrected chi connectivity index (χ2v) is 24.5. The molecule has 17 heteroatoms. The summed E-state index contributed by atoms with van der Waals surface area (Å²) >= 11 is 0. The number of carboxylic acids is 1. The fraction of sp³-hybridized carbons (Fsp3) is 0.338. The minimum atomic E-state index is -0.742. The van der Waals surface area contributed by atoms with E-state index >= 15 is 0 Å². The zero-order chi connectivity index (χ0) is 64.5. The maximum atomic E-state index is 13.4. The van der Waals surface area contributed by atoms with E-state index in [9.17, 15) is 33.6 Å². The van der Waals surface area contributed by atoms with Crippen LogP contribution >= 0.6 is 0 Å². The SMILES string of the molecule is C.O=C(Cc1ccc(-c2nc3cc(CC(=O)[C@@H]4CCCN4)ccc3o2)cc1)[C@@H]1CCCN1.O=C(Cc1ccc2oc(-c3ccc(NC(=O)[C@@H]4CCCN4C(=O)CCc4ccccc4)cc3)nc2c1)[C@@H]1CCCN1C(=O)CCc1ccccc1.O=C(O)CCc1ccccc1. The molecule has 2 aromatic heterocycles. The fourth-order valence-corrected chi connectivity index (χ4v) is 12.7. The number of hydrogen-bond donors (Lipinski definition) is 4. The van der Waals surface area contributed by atoms with E-state index < -0.39 is 18.1 Å². The zero-order valence-electron chi connectivity index (χ0n) is 52.3. The molecule has 4 aliphatic heterocycles. The van der Waals surface area contributed by atoms with Gasteiger partial charge in [0.25, 0.3) is 0 Å². The van der Waals surface area contributed by atoms with Gasteiger partial charge < -0.3 is 39.7 Å². The van der Waals surface area contributed by atoms with Crippen molar-refractivity contribution in [2.45, 2.75) is 141 Å². The van der Waals surface area contributed by atoms with Crippen LogP contribution in [0.15, 0.2) is 185 Å². The van der Waals surface area contributed by atoms with Crippen LogP contribution in [0.2, 0.25) is 0 Å². The molecule has 0 radical (unpaired) electrons. The molecule has 4 atom stereocenters. The Kier molecular flexibility index (Phi) is 23.4. The van der Waals surface area contributed by atoms with Crippen molar-refractivity contribution in [1.82, 2.24) is 30.4 Å². The van der Waals surface area contributed by atoms with E-state index in [0.29, 0.717) is 105 Å². The predicted octanol–water partition coefficient (Wildman–Crippen LogP) is 12.4. The highest BCUT2D eigenvalue weighted by Crippen LogP contribution is 2.30. The highest BCUT2D eigenvalue weighted by Gasteiger charge is 2.35.